The van der Waals surface area contributed by atoms with E-state index < -0.39 is 23.4 Å². The van der Waals surface area contributed by atoms with Crippen molar-refractivity contribution in [2.45, 2.75) is 38.4 Å². The van der Waals surface area contributed by atoms with Gasteiger partial charge in [-0.1, -0.05) is 18.1 Å². The van der Waals surface area contributed by atoms with Crippen LogP contribution in [0.4, 0.5) is 13.2 Å². The molecule has 4 heterocycles. The van der Waals surface area contributed by atoms with Gasteiger partial charge >= 0.3 is 0 Å². The predicted molar refractivity (Wildman–Crippen MR) is 143 cm³/mol. The molecule has 0 aliphatic carbocycles. The molecule has 2 aliphatic heterocycles. The van der Waals surface area contributed by atoms with Crippen LogP contribution in [-0.2, 0) is 0 Å². The van der Waals surface area contributed by atoms with Crippen LogP contribution in [0, 0.1) is 30.9 Å². The molecule has 4 aromatic rings. The lowest BCUT2D eigenvalue weighted by molar-refractivity contribution is 0.292. The molecule has 2 aliphatic rings. The van der Waals surface area contributed by atoms with Crippen molar-refractivity contribution in [2.24, 2.45) is 0 Å². The number of pyridine rings is 1. The molecular weight excluding hydrogens is 509 g/mol. The van der Waals surface area contributed by atoms with Gasteiger partial charge in [-0.3, -0.25) is 14.7 Å². The van der Waals surface area contributed by atoms with Crippen molar-refractivity contribution in [3.8, 4) is 35.5 Å². The number of aryl methyl sites for hydroxylation is 1. The van der Waals surface area contributed by atoms with Crippen LogP contribution in [0.5, 0.6) is 11.9 Å². The number of ether oxygens (including phenoxy) is 2. The zero-order valence-corrected chi connectivity index (χ0v) is 21.8. The van der Waals surface area contributed by atoms with Crippen molar-refractivity contribution in [2.75, 3.05) is 27.3 Å². The third kappa shape index (κ3) is 4.79. The summed E-state index contributed by atoms with van der Waals surface area (Å²) in [6, 6.07) is 6.71. The van der Waals surface area contributed by atoms with Crippen LogP contribution in [0.1, 0.15) is 30.4 Å². The molecular formula is C29H27F3N4O3. The minimum absolute atomic E-state index is 0.0146. The minimum Gasteiger partial charge on any atom is -0.480 e. The van der Waals surface area contributed by atoms with Crippen molar-refractivity contribution in [3.63, 3.8) is 0 Å². The number of rotatable bonds is 3. The lowest BCUT2D eigenvalue weighted by Crippen LogP contribution is -2.22. The summed E-state index contributed by atoms with van der Waals surface area (Å²) in [5.74, 6) is 0.708. The van der Waals surface area contributed by atoms with Gasteiger partial charge in [0.25, 0.3) is 11.6 Å². The summed E-state index contributed by atoms with van der Waals surface area (Å²) in [5, 5.41) is 0.781. The number of hydrogen-bond donors (Lipinski definition) is 1. The molecule has 2 fully saturated rings. The highest BCUT2D eigenvalue weighted by molar-refractivity contribution is 6.02. The maximum Gasteiger partial charge on any atom is 0.296 e. The van der Waals surface area contributed by atoms with Gasteiger partial charge in [0.05, 0.1) is 19.8 Å². The van der Waals surface area contributed by atoms with E-state index in [0.717, 1.165) is 18.5 Å². The van der Waals surface area contributed by atoms with E-state index in [1.165, 1.54) is 33.1 Å². The van der Waals surface area contributed by atoms with Crippen molar-refractivity contribution in [1.82, 2.24) is 19.9 Å². The molecule has 2 aromatic heterocycles. The maximum absolute atomic E-state index is 15.6. The largest absolute Gasteiger partial charge is 0.480 e. The van der Waals surface area contributed by atoms with Crippen LogP contribution in [0.2, 0.25) is 0 Å². The number of aromatic amines is 1. The third-order valence-corrected chi connectivity index (χ3v) is 7.20. The molecule has 39 heavy (non-hydrogen) atoms. The zero-order valence-electron chi connectivity index (χ0n) is 21.8. The minimum atomic E-state index is -0.880. The standard InChI is InChI=1S/C22H15F2N3O3.C7H12FN/c1-5-12-14(23)7-6-11-8-10(2)9-13(15(11)12)18-17(24)19-16(21(25-18)29-3)20(28)27-22(26-19)30-4;8-6-4-7-2-1-3-9(7)5-6/h1,6-9H,2-4H3,(H,26,27,28);6-7H,1-5H2. The second-order valence-electron chi connectivity index (χ2n) is 9.68. The van der Waals surface area contributed by atoms with E-state index in [4.69, 9.17) is 15.9 Å². The molecule has 10 heteroatoms. The number of nitrogens with one attached hydrogen (secondary N) is 1. The fourth-order valence-corrected chi connectivity index (χ4v) is 5.50. The first-order chi connectivity index (χ1) is 18.7. The second-order valence-corrected chi connectivity index (χ2v) is 9.68. The van der Waals surface area contributed by atoms with E-state index in [2.05, 4.69) is 25.8 Å². The Morgan fingerprint density at radius 1 is 1.15 bits per heavy atom. The number of terminal acetylenes is 1. The molecule has 6 rings (SSSR count). The Balaban J connectivity index is 0.000000287. The SMILES string of the molecule is C#Cc1c(F)ccc2cc(C)cc(-c3nc(OC)c4c(=O)[nH]c(OC)nc4c3F)c12.FC1CC2CCCN2C1. The monoisotopic (exact) mass is 536 g/mol. The number of fused-ring (bicyclic) bond motifs is 3. The lowest BCUT2D eigenvalue weighted by atomic mass is 9.94. The summed E-state index contributed by atoms with van der Waals surface area (Å²) >= 11 is 0. The quantitative estimate of drug-likeness (QED) is 0.375. The van der Waals surface area contributed by atoms with Crippen LogP contribution < -0.4 is 15.0 Å². The Morgan fingerprint density at radius 3 is 2.64 bits per heavy atom. The topological polar surface area (TPSA) is 80.3 Å². The molecule has 2 atom stereocenters. The van der Waals surface area contributed by atoms with Gasteiger partial charge in [-0.05, 0) is 55.8 Å². The average Bonchev–Trinajstić information content (AvgIpc) is 3.50. The highest BCUT2D eigenvalue weighted by Gasteiger charge is 2.34. The first-order valence-corrected chi connectivity index (χ1v) is 12.5. The fraction of sp³-hybridized carbons (Fsp3) is 0.345. The molecule has 7 nitrogen and oxygen atoms in total. The van der Waals surface area contributed by atoms with E-state index in [0.29, 0.717) is 23.4 Å². The first kappa shape index (κ1) is 26.5. The van der Waals surface area contributed by atoms with Gasteiger partial charge in [-0.25, -0.2) is 18.2 Å². The number of nitrogens with zero attached hydrogens (tertiary/aromatic N) is 3. The van der Waals surface area contributed by atoms with Crippen LogP contribution in [-0.4, -0.2) is 59.4 Å². The summed E-state index contributed by atoms with van der Waals surface area (Å²) in [4.78, 5) is 25.3. The van der Waals surface area contributed by atoms with Crippen molar-refractivity contribution >= 4 is 21.7 Å². The second kappa shape index (κ2) is 10.6. The highest BCUT2D eigenvalue weighted by Crippen LogP contribution is 2.37. The Morgan fingerprint density at radius 2 is 1.95 bits per heavy atom. The molecule has 2 unspecified atom stereocenters. The van der Waals surface area contributed by atoms with Crippen molar-refractivity contribution < 1.29 is 22.6 Å². The van der Waals surface area contributed by atoms with E-state index in [-0.39, 0.29) is 39.6 Å². The molecule has 2 saturated heterocycles. The van der Waals surface area contributed by atoms with Gasteiger partial charge in [0, 0.05) is 23.5 Å². The third-order valence-electron chi connectivity index (χ3n) is 7.20. The molecule has 0 saturated carbocycles. The van der Waals surface area contributed by atoms with E-state index in [9.17, 15) is 13.6 Å². The molecule has 0 radical (unpaired) electrons. The first-order valence-electron chi connectivity index (χ1n) is 12.5. The summed E-state index contributed by atoms with van der Waals surface area (Å²) in [5.41, 5.74) is -0.101. The molecule has 0 amide bonds. The van der Waals surface area contributed by atoms with Gasteiger partial charge < -0.3 is 9.47 Å². The van der Waals surface area contributed by atoms with Gasteiger partial charge in [0.1, 0.15) is 28.6 Å². The van der Waals surface area contributed by atoms with E-state index >= 15 is 4.39 Å². The van der Waals surface area contributed by atoms with Crippen LogP contribution in [0.3, 0.4) is 0 Å². The smallest absolute Gasteiger partial charge is 0.296 e. The van der Waals surface area contributed by atoms with Gasteiger partial charge in [0.15, 0.2) is 5.82 Å². The number of aromatic nitrogens is 3. The number of methoxy groups -OCH3 is 2. The Bertz CT molecular complexity index is 1670. The molecule has 0 bridgehead atoms. The Kier molecular flexibility index (Phi) is 7.19. The Hall–Kier alpha value is -4.10. The molecule has 202 valence electrons. The average molecular weight is 537 g/mol. The van der Waals surface area contributed by atoms with Gasteiger partial charge in [-0.15, -0.1) is 6.42 Å². The van der Waals surface area contributed by atoms with Crippen molar-refractivity contribution in [1.29, 1.82) is 0 Å². The number of alkyl halides is 1. The summed E-state index contributed by atoms with van der Waals surface area (Å²) in [6.07, 6.45) is 8.35. The van der Waals surface area contributed by atoms with Crippen LogP contribution in [0.15, 0.2) is 29.1 Å². The molecule has 0 spiro atoms. The molecule has 2 aromatic carbocycles. The van der Waals surface area contributed by atoms with Crippen LogP contribution in [0.25, 0.3) is 32.9 Å². The lowest BCUT2D eigenvalue weighted by Gasteiger charge is -2.14. The number of halogens is 3. The van der Waals surface area contributed by atoms with Crippen LogP contribution >= 0.6 is 0 Å². The van der Waals surface area contributed by atoms with Gasteiger partial charge in [0.2, 0.25) is 5.88 Å². The van der Waals surface area contributed by atoms with Crippen molar-refractivity contribution in [3.05, 3.63) is 57.4 Å². The number of hydrogen-bond acceptors (Lipinski definition) is 6. The predicted octanol–water partition coefficient (Wildman–Crippen LogP) is 4.92. The van der Waals surface area contributed by atoms with E-state index in [1.54, 1.807) is 18.2 Å². The summed E-state index contributed by atoms with van der Waals surface area (Å²) in [6.45, 7) is 3.67. The summed E-state index contributed by atoms with van der Waals surface area (Å²) < 4.78 is 52.8. The highest BCUT2D eigenvalue weighted by atomic mass is 19.1. The Labute approximate surface area is 223 Å². The normalized spacial score (nSPS) is 18.5. The van der Waals surface area contributed by atoms with E-state index in [1.807, 2.05) is 6.92 Å². The summed E-state index contributed by atoms with van der Waals surface area (Å²) in [7, 11) is 2.59. The van der Waals surface area contributed by atoms with Gasteiger partial charge in [-0.2, -0.15) is 4.98 Å². The maximum atomic E-state index is 15.6. The number of benzene rings is 2. The number of H-pyrrole nitrogens is 1. The molecule has 1 N–H and O–H groups in total. The fourth-order valence-electron chi connectivity index (χ4n) is 5.50. The zero-order chi connectivity index (χ0) is 27.8.